The molecule has 1 aromatic carbocycles. The van der Waals surface area contributed by atoms with E-state index in [0.29, 0.717) is 5.89 Å². The smallest absolute Gasteiger partial charge is 0.322 e. The molecule has 0 saturated carbocycles. The van der Waals surface area contributed by atoms with E-state index in [-0.39, 0.29) is 11.9 Å². The predicted octanol–water partition coefficient (Wildman–Crippen LogP) is 2.25. The molecule has 1 amide bonds. The molecule has 1 heterocycles. The molecule has 86 valence electrons. The average Bonchev–Trinajstić information content (AvgIpc) is 2.79. The summed E-state index contributed by atoms with van der Waals surface area (Å²) in [5.74, 6) is 0.0807. The molecular weight excluding hydrogens is 218 g/mol. The monoisotopic (exact) mass is 229 g/mol. The number of hydrogen-bond acceptors (Lipinski definition) is 4. The minimum atomic E-state index is -0.296. The van der Waals surface area contributed by atoms with Crippen LogP contribution in [0, 0.1) is 0 Å². The Morgan fingerprint density at radius 1 is 1.29 bits per heavy atom. The van der Waals surface area contributed by atoms with E-state index in [0.717, 1.165) is 5.56 Å². The largest absolute Gasteiger partial charge is 0.403 e. The molecule has 0 unspecified atom stereocenters. The highest BCUT2D eigenvalue weighted by molar-refractivity contribution is 5.97. The van der Waals surface area contributed by atoms with E-state index in [4.69, 9.17) is 4.42 Å². The number of carbonyl (C=O) groups is 1. The van der Waals surface area contributed by atoms with E-state index in [1.165, 1.54) is 6.08 Å². The highest BCUT2D eigenvalue weighted by Gasteiger charge is 2.08. The number of anilines is 1. The van der Waals surface area contributed by atoms with Crippen LogP contribution in [-0.4, -0.2) is 16.1 Å². The van der Waals surface area contributed by atoms with Crippen LogP contribution in [0.2, 0.25) is 0 Å². The maximum atomic E-state index is 11.2. The molecule has 5 heteroatoms. The third kappa shape index (κ3) is 2.78. The summed E-state index contributed by atoms with van der Waals surface area (Å²) in [7, 11) is 0. The minimum absolute atomic E-state index is 0.0898. The zero-order valence-corrected chi connectivity index (χ0v) is 9.25. The first-order valence-electron chi connectivity index (χ1n) is 5.12. The molecule has 1 N–H and O–H groups in total. The molecule has 0 aliphatic carbocycles. The Morgan fingerprint density at radius 3 is 2.76 bits per heavy atom. The third-order valence-electron chi connectivity index (χ3n) is 1.99. The zero-order valence-electron chi connectivity index (χ0n) is 9.25. The lowest BCUT2D eigenvalue weighted by molar-refractivity contribution is -0.112. The second-order valence-corrected chi connectivity index (χ2v) is 3.27. The third-order valence-corrected chi connectivity index (χ3v) is 1.99. The molecule has 0 saturated heterocycles. The van der Waals surface area contributed by atoms with Gasteiger partial charge in [-0.05, 0) is 25.1 Å². The van der Waals surface area contributed by atoms with Gasteiger partial charge >= 0.3 is 6.01 Å². The lowest BCUT2D eigenvalue weighted by Gasteiger charge is -1.94. The summed E-state index contributed by atoms with van der Waals surface area (Å²) in [5, 5.41) is 10.0. The summed E-state index contributed by atoms with van der Waals surface area (Å²) >= 11 is 0. The summed E-state index contributed by atoms with van der Waals surface area (Å²) in [6.45, 7) is 1.75. The van der Waals surface area contributed by atoms with Gasteiger partial charge in [0, 0.05) is 5.56 Å². The van der Waals surface area contributed by atoms with Crippen molar-refractivity contribution in [1.29, 1.82) is 0 Å². The van der Waals surface area contributed by atoms with Gasteiger partial charge in [0.25, 0.3) is 5.91 Å². The molecule has 2 aromatic rings. The summed E-state index contributed by atoms with van der Waals surface area (Å²) in [6, 6.07) is 9.44. The summed E-state index contributed by atoms with van der Waals surface area (Å²) < 4.78 is 5.30. The first-order chi connectivity index (χ1) is 8.29. The van der Waals surface area contributed by atoms with Gasteiger partial charge < -0.3 is 4.42 Å². The van der Waals surface area contributed by atoms with E-state index in [1.54, 1.807) is 13.0 Å². The Hall–Kier alpha value is -2.43. The maximum Gasteiger partial charge on any atom is 0.322 e. The number of rotatable bonds is 3. The number of benzene rings is 1. The Kier molecular flexibility index (Phi) is 3.30. The molecule has 0 aliphatic heterocycles. The van der Waals surface area contributed by atoms with Crippen molar-refractivity contribution < 1.29 is 9.21 Å². The fraction of sp³-hybridized carbons (Fsp3) is 0.0833. The molecule has 2 rings (SSSR count). The Labute approximate surface area is 98.2 Å². The van der Waals surface area contributed by atoms with Crippen LogP contribution in [0.3, 0.4) is 0 Å². The lowest BCUT2D eigenvalue weighted by Crippen LogP contribution is -2.07. The second kappa shape index (κ2) is 5.07. The molecule has 17 heavy (non-hydrogen) atoms. The average molecular weight is 229 g/mol. The molecule has 0 spiro atoms. The predicted molar refractivity (Wildman–Crippen MR) is 63.2 cm³/mol. The number of aromatic nitrogens is 2. The molecule has 0 fully saturated rings. The molecule has 5 nitrogen and oxygen atoms in total. The normalized spacial score (nSPS) is 10.6. The molecule has 0 bridgehead atoms. The molecule has 1 aromatic heterocycles. The number of allylic oxidation sites excluding steroid dienone is 1. The molecule has 0 radical (unpaired) electrons. The van der Waals surface area contributed by atoms with Gasteiger partial charge in [0.2, 0.25) is 5.89 Å². The van der Waals surface area contributed by atoms with Gasteiger partial charge in [0.1, 0.15) is 0 Å². The quantitative estimate of drug-likeness (QED) is 0.819. The van der Waals surface area contributed by atoms with Gasteiger partial charge in [0.15, 0.2) is 0 Å². The number of hydrogen-bond donors (Lipinski definition) is 1. The highest BCUT2D eigenvalue weighted by Crippen LogP contribution is 2.18. The van der Waals surface area contributed by atoms with E-state index < -0.39 is 0 Å². The maximum absolute atomic E-state index is 11.2. The van der Waals surface area contributed by atoms with E-state index in [1.807, 2.05) is 30.3 Å². The van der Waals surface area contributed by atoms with E-state index >= 15 is 0 Å². The van der Waals surface area contributed by atoms with Crippen molar-refractivity contribution in [2.75, 3.05) is 5.32 Å². The SMILES string of the molecule is C/C=C/C(=O)Nc1nnc(-c2ccccc2)o1. The van der Waals surface area contributed by atoms with Crippen LogP contribution in [0.5, 0.6) is 0 Å². The van der Waals surface area contributed by atoms with E-state index in [2.05, 4.69) is 15.5 Å². The van der Waals surface area contributed by atoms with Crippen LogP contribution in [-0.2, 0) is 4.79 Å². The van der Waals surface area contributed by atoms with E-state index in [9.17, 15) is 4.79 Å². The Bertz CT molecular complexity index is 532. The Balaban J connectivity index is 2.14. The topological polar surface area (TPSA) is 68.0 Å². The van der Waals surface area contributed by atoms with Crippen molar-refractivity contribution in [3.63, 3.8) is 0 Å². The van der Waals surface area contributed by atoms with Gasteiger partial charge in [-0.2, -0.15) is 0 Å². The van der Waals surface area contributed by atoms with Crippen LogP contribution in [0.15, 0.2) is 46.9 Å². The van der Waals surface area contributed by atoms with Gasteiger partial charge in [-0.15, -0.1) is 5.10 Å². The minimum Gasteiger partial charge on any atom is -0.403 e. The molecular formula is C12H11N3O2. The number of nitrogens with zero attached hydrogens (tertiary/aromatic N) is 2. The van der Waals surface area contributed by atoms with Crippen LogP contribution in [0.1, 0.15) is 6.92 Å². The van der Waals surface area contributed by atoms with Crippen molar-refractivity contribution in [2.24, 2.45) is 0 Å². The number of carbonyl (C=O) groups excluding carboxylic acids is 1. The number of amides is 1. The summed E-state index contributed by atoms with van der Waals surface area (Å²) in [6.07, 6.45) is 3.01. The van der Waals surface area contributed by atoms with Crippen molar-refractivity contribution in [1.82, 2.24) is 10.2 Å². The second-order valence-electron chi connectivity index (χ2n) is 3.27. The van der Waals surface area contributed by atoms with Crippen LogP contribution >= 0.6 is 0 Å². The van der Waals surface area contributed by atoms with Crippen molar-refractivity contribution in [3.8, 4) is 11.5 Å². The van der Waals surface area contributed by atoms with Gasteiger partial charge in [-0.25, -0.2) is 0 Å². The summed E-state index contributed by atoms with van der Waals surface area (Å²) in [5.41, 5.74) is 0.812. The Morgan fingerprint density at radius 2 is 2.06 bits per heavy atom. The van der Waals surface area contributed by atoms with Gasteiger partial charge in [-0.3, -0.25) is 10.1 Å². The first-order valence-corrected chi connectivity index (χ1v) is 5.12. The van der Waals surface area contributed by atoms with Crippen molar-refractivity contribution in [2.45, 2.75) is 6.92 Å². The van der Waals surface area contributed by atoms with Gasteiger partial charge in [0.05, 0.1) is 0 Å². The molecule has 0 aliphatic rings. The number of nitrogens with one attached hydrogen (secondary N) is 1. The molecule has 0 atom stereocenters. The van der Waals surface area contributed by atoms with Crippen LogP contribution < -0.4 is 5.32 Å². The zero-order chi connectivity index (χ0) is 12.1. The van der Waals surface area contributed by atoms with Crippen LogP contribution in [0.25, 0.3) is 11.5 Å². The van der Waals surface area contributed by atoms with Gasteiger partial charge in [-0.1, -0.05) is 29.4 Å². The summed E-state index contributed by atoms with van der Waals surface area (Å²) in [4.78, 5) is 11.2. The van der Waals surface area contributed by atoms with Crippen LogP contribution in [0.4, 0.5) is 6.01 Å². The fourth-order valence-corrected chi connectivity index (χ4v) is 1.27. The fourth-order valence-electron chi connectivity index (χ4n) is 1.27. The lowest BCUT2D eigenvalue weighted by atomic mass is 10.2. The van der Waals surface area contributed by atoms with Crippen molar-refractivity contribution in [3.05, 3.63) is 42.5 Å². The van der Waals surface area contributed by atoms with Crippen molar-refractivity contribution >= 4 is 11.9 Å². The first kappa shape index (κ1) is 11.1. The highest BCUT2D eigenvalue weighted by atomic mass is 16.4. The standard InChI is InChI=1S/C12H11N3O2/c1-2-6-10(16)13-12-15-14-11(17-12)9-7-4-3-5-8-9/h2-8H,1H3,(H,13,15,16)/b6-2+.